The Balaban J connectivity index is 1.29. The van der Waals surface area contributed by atoms with E-state index in [9.17, 15) is 13.9 Å². The fourth-order valence-corrected chi connectivity index (χ4v) is 4.66. The van der Waals surface area contributed by atoms with Crippen LogP contribution in [-0.4, -0.2) is 73.1 Å². The molecule has 0 saturated carbocycles. The molecule has 2 aromatic heterocycles. The van der Waals surface area contributed by atoms with Crippen LogP contribution in [-0.2, 0) is 19.5 Å². The molecular formula is C24H34N4O8S. The Morgan fingerprint density at radius 3 is 2.41 bits per heavy atom. The molecular weight excluding hydrogens is 504 g/mol. The second kappa shape index (κ2) is 11.4. The summed E-state index contributed by atoms with van der Waals surface area (Å²) in [6.07, 6.45) is 4.49. The van der Waals surface area contributed by atoms with Gasteiger partial charge in [-0.3, -0.25) is 22.5 Å². The molecule has 2 fully saturated rings. The van der Waals surface area contributed by atoms with E-state index in [1.165, 1.54) is 6.33 Å². The number of rotatable bonds is 6. The summed E-state index contributed by atoms with van der Waals surface area (Å²) in [5, 5.41) is 0. The normalized spacial score (nSPS) is 19.8. The molecule has 0 spiro atoms. The predicted molar refractivity (Wildman–Crippen MR) is 134 cm³/mol. The SMILES string of the molecule is Cc1c(Oc2ccc(CC3COS(O)(O)OC3)nc2)ncnc1OC1CCN(C(=O)OC(C)(C)C)CC1. The van der Waals surface area contributed by atoms with E-state index in [4.69, 9.17) is 22.6 Å². The predicted octanol–water partition coefficient (Wildman–Crippen LogP) is 4.54. The third-order valence-corrected chi connectivity index (χ3v) is 6.67. The van der Waals surface area contributed by atoms with Crippen LogP contribution in [0.3, 0.4) is 0 Å². The highest BCUT2D eigenvalue weighted by Crippen LogP contribution is 2.45. The van der Waals surface area contributed by atoms with Crippen molar-refractivity contribution < 1.29 is 36.5 Å². The highest BCUT2D eigenvalue weighted by molar-refractivity contribution is 8.16. The molecule has 2 aliphatic heterocycles. The minimum Gasteiger partial charge on any atom is -0.474 e. The van der Waals surface area contributed by atoms with E-state index < -0.39 is 16.8 Å². The fraction of sp³-hybridized carbons (Fsp3) is 0.583. The van der Waals surface area contributed by atoms with Crippen molar-refractivity contribution in [2.24, 2.45) is 5.92 Å². The second-order valence-electron chi connectivity index (χ2n) is 10.1. The zero-order valence-electron chi connectivity index (χ0n) is 21.5. The van der Waals surface area contributed by atoms with Gasteiger partial charge >= 0.3 is 6.09 Å². The van der Waals surface area contributed by atoms with Crippen molar-refractivity contribution in [3.05, 3.63) is 35.9 Å². The van der Waals surface area contributed by atoms with Crippen LogP contribution in [0.4, 0.5) is 4.79 Å². The van der Waals surface area contributed by atoms with Gasteiger partial charge in [0.05, 0.1) is 25.0 Å². The Bertz CT molecular complexity index is 1060. The zero-order chi connectivity index (χ0) is 26.6. The Morgan fingerprint density at radius 1 is 1.11 bits per heavy atom. The summed E-state index contributed by atoms with van der Waals surface area (Å²) in [6.45, 7) is 8.85. The summed E-state index contributed by atoms with van der Waals surface area (Å²) in [5.74, 6) is 1.28. The summed E-state index contributed by atoms with van der Waals surface area (Å²) in [5.41, 5.74) is 0.935. The highest BCUT2D eigenvalue weighted by atomic mass is 32.3. The number of aromatic nitrogens is 3. The largest absolute Gasteiger partial charge is 0.474 e. The number of hydrogen-bond donors (Lipinski definition) is 2. The molecule has 0 bridgehead atoms. The van der Waals surface area contributed by atoms with Gasteiger partial charge in [-0.05, 0) is 46.2 Å². The van der Waals surface area contributed by atoms with E-state index in [-0.39, 0.29) is 31.3 Å². The summed E-state index contributed by atoms with van der Waals surface area (Å²) >= 11 is -3.36. The second-order valence-corrected chi connectivity index (χ2v) is 11.4. The number of piperidine rings is 1. The Kier molecular flexibility index (Phi) is 8.39. The number of hydrogen-bond acceptors (Lipinski definition) is 11. The minimum absolute atomic E-state index is 0.0287. The molecule has 0 aliphatic carbocycles. The van der Waals surface area contributed by atoms with Gasteiger partial charge in [0.1, 0.15) is 23.8 Å². The van der Waals surface area contributed by atoms with Gasteiger partial charge in [0.2, 0.25) is 22.9 Å². The molecule has 37 heavy (non-hydrogen) atoms. The molecule has 12 nitrogen and oxygen atoms in total. The maximum absolute atomic E-state index is 12.3. The first-order valence-corrected chi connectivity index (χ1v) is 13.5. The smallest absolute Gasteiger partial charge is 0.410 e. The van der Waals surface area contributed by atoms with Crippen molar-refractivity contribution in [2.75, 3.05) is 26.3 Å². The van der Waals surface area contributed by atoms with E-state index in [1.807, 2.05) is 33.8 Å². The number of carbonyl (C=O) groups excluding carboxylic acids is 1. The first-order valence-electron chi connectivity index (χ1n) is 12.1. The van der Waals surface area contributed by atoms with Gasteiger partial charge in [-0.1, -0.05) is 0 Å². The van der Waals surface area contributed by atoms with Crippen LogP contribution >= 0.6 is 11.2 Å². The number of pyridine rings is 1. The van der Waals surface area contributed by atoms with Gasteiger partial charge in [-0.2, -0.15) is 0 Å². The van der Waals surface area contributed by atoms with Crippen LogP contribution in [0.1, 0.15) is 44.9 Å². The van der Waals surface area contributed by atoms with Crippen LogP contribution in [0.25, 0.3) is 0 Å². The topological polar surface area (TPSA) is 146 Å². The van der Waals surface area contributed by atoms with Crippen molar-refractivity contribution in [3.63, 3.8) is 0 Å². The molecule has 1 amide bonds. The number of carbonyl (C=O) groups is 1. The molecule has 2 aromatic rings. The van der Waals surface area contributed by atoms with Crippen LogP contribution in [0.2, 0.25) is 0 Å². The Labute approximate surface area is 218 Å². The number of nitrogens with zero attached hydrogens (tertiary/aromatic N) is 4. The van der Waals surface area contributed by atoms with E-state index >= 15 is 0 Å². The summed E-state index contributed by atoms with van der Waals surface area (Å²) in [4.78, 5) is 26.9. The zero-order valence-corrected chi connectivity index (χ0v) is 22.3. The molecule has 0 aromatic carbocycles. The molecule has 2 aliphatic rings. The maximum Gasteiger partial charge on any atom is 0.410 e. The quantitative estimate of drug-likeness (QED) is 0.534. The van der Waals surface area contributed by atoms with Crippen molar-refractivity contribution >= 4 is 17.2 Å². The van der Waals surface area contributed by atoms with Crippen molar-refractivity contribution in [1.29, 1.82) is 0 Å². The Morgan fingerprint density at radius 2 is 1.78 bits per heavy atom. The third-order valence-electron chi connectivity index (χ3n) is 5.79. The molecule has 2 N–H and O–H groups in total. The molecule has 2 saturated heterocycles. The number of amides is 1. The summed E-state index contributed by atoms with van der Waals surface area (Å²) < 4.78 is 46.1. The van der Waals surface area contributed by atoms with Crippen molar-refractivity contribution in [1.82, 2.24) is 19.9 Å². The van der Waals surface area contributed by atoms with Gasteiger partial charge < -0.3 is 19.1 Å². The fourth-order valence-electron chi connectivity index (χ4n) is 3.85. The average molecular weight is 539 g/mol. The van der Waals surface area contributed by atoms with Crippen LogP contribution in [0.5, 0.6) is 17.5 Å². The minimum atomic E-state index is -3.36. The lowest BCUT2D eigenvalue weighted by atomic mass is 10.1. The van der Waals surface area contributed by atoms with Gasteiger partial charge in [0, 0.05) is 37.5 Å². The lowest BCUT2D eigenvalue weighted by molar-refractivity contribution is 0.0122. The van der Waals surface area contributed by atoms with E-state index in [0.717, 1.165) is 5.69 Å². The van der Waals surface area contributed by atoms with Gasteiger partial charge in [0.15, 0.2) is 0 Å². The van der Waals surface area contributed by atoms with Gasteiger partial charge in [0.25, 0.3) is 0 Å². The van der Waals surface area contributed by atoms with Crippen molar-refractivity contribution in [3.8, 4) is 17.5 Å². The van der Waals surface area contributed by atoms with Crippen LogP contribution < -0.4 is 9.47 Å². The Hall–Kier alpha value is -2.71. The first-order chi connectivity index (χ1) is 17.5. The lowest BCUT2D eigenvalue weighted by Crippen LogP contribution is -2.44. The molecule has 204 valence electrons. The van der Waals surface area contributed by atoms with E-state index in [1.54, 1.807) is 17.2 Å². The van der Waals surface area contributed by atoms with Gasteiger partial charge in [-0.15, -0.1) is 0 Å². The standard InChI is InChI=1S/C24H34N4O8S/c1-16-21(34-19-7-9-28(10-8-19)23(29)36-24(2,3)4)26-15-27-22(16)35-20-6-5-18(25-12-20)11-17-13-32-37(30,31)33-14-17/h5-6,12,15,17,19,30-31H,7-11,13-14H2,1-4H3. The van der Waals surface area contributed by atoms with Crippen LogP contribution in [0.15, 0.2) is 24.7 Å². The average Bonchev–Trinajstić information content (AvgIpc) is 2.83. The molecule has 0 atom stereocenters. The lowest BCUT2D eigenvalue weighted by Gasteiger charge is -2.33. The third kappa shape index (κ3) is 7.89. The van der Waals surface area contributed by atoms with Gasteiger partial charge in [-0.25, -0.2) is 14.8 Å². The first kappa shape index (κ1) is 27.3. The number of ether oxygens (including phenoxy) is 3. The monoisotopic (exact) mass is 538 g/mol. The molecule has 13 heteroatoms. The highest BCUT2D eigenvalue weighted by Gasteiger charge is 2.30. The molecule has 0 unspecified atom stereocenters. The molecule has 4 heterocycles. The maximum atomic E-state index is 12.3. The molecule has 4 rings (SSSR count). The molecule has 0 radical (unpaired) electrons. The van der Waals surface area contributed by atoms with Crippen molar-refractivity contribution in [2.45, 2.75) is 58.7 Å². The van der Waals surface area contributed by atoms with Crippen LogP contribution in [0, 0.1) is 12.8 Å². The summed E-state index contributed by atoms with van der Waals surface area (Å²) in [6, 6.07) is 3.61. The van der Waals surface area contributed by atoms with E-state index in [2.05, 4.69) is 15.0 Å². The van der Waals surface area contributed by atoms with E-state index in [0.29, 0.717) is 55.4 Å². The summed E-state index contributed by atoms with van der Waals surface area (Å²) in [7, 11) is 0. The number of likely N-dealkylation sites (tertiary alicyclic amines) is 1.